The van der Waals surface area contributed by atoms with Crippen LogP contribution in [0.25, 0.3) is 20.2 Å². The lowest BCUT2D eigenvalue weighted by molar-refractivity contribution is 0.155. The number of aliphatic hydroxyl groups is 1. The van der Waals surface area contributed by atoms with E-state index in [-0.39, 0.29) is 5.43 Å². The quantitative estimate of drug-likeness (QED) is 0.594. The minimum Gasteiger partial charge on any atom is -0.388 e. The molecule has 3 rings (SSSR count). The van der Waals surface area contributed by atoms with Crippen molar-refractivity contribution in [3.05, 3.63) is 52.7 Å². The van der Waals surface area contributed by atoms with Gasteiger partial charge in [0, 0.05) is 32.3 Å². The maximum Gasteiger partial charge on any atom is 0.196 e. The minimum absolute atomic E-state index is 0.0863. The highest BCUT2D eigenvalue weighted by Gasteiger charge is 2.22. The van der Waals surface area contributed by atoms with Gasteiger partial charge >= 0.3 is 0 Å². The summed E-state index contributed by atoms with van der Waals surface area (Å²) < 4.78 is 2.57. The van der Waals surface area contributed by atoms with E-state index >= 15 is 0 Å². The first-order valence-electron chi connectivity index (χ1n) is 7.36. The van der Waals surface area contributed by atoms with Crippen LogP contribution in [0, 0.1) is 0 Å². The third-order valence-electron chi connectivity index (χ3n) is 3.98. The Morgan fingerprint density at radius 3 is 2.50 bits per heavy atom. The highest BCUT2D eigenvalue weighted by Crippen LogP contribution is 2.29. The summed E-state index contributed by atoms with van der Waals surface area (Å²) in [5, 5.41) is 11.2. The van der Waals surface area contributed by atoms with Gasteiger partial charge in [-0.2, -0.15) is 0 Å². The molecule has 1 aromatic heterocycles. The molecule has 0 spiro atoms. The summed E-state index contributed by atoms with van der Waals surface area (Å²) in [6, 6.07) is 13.8. The van der Waals surface area contributed by atoms with Crippen molar-refractivity contribution >= 4 is 37.2 Å². The summed E-state index contributed by atoms with van der Waals surface area (Å²) in [5.41, 5.74) is 1.12. The summed E-state index contributed by atoms with van der Waals surface area (Å²) in [6.07, 6.45) is -0.392. The monoisotopic (exact) mass is 314 g/mol. The summed E-state index contributed by atoms with van der Waals surface area (Å²) in [7, 11) is 4.09. The van der Waals surface area contributed by atoms with E-state index in [2.05, 4.69) is 6.07 Å². The Hall–Kier alpha value is -1.75. The fourth-order valence-electron chi connectivity index (χ4n) is 2.93. The van der Waals surface area contributed by atoms with Crippen LogP contribution in [0.15, 0.2) is 47.3 Å². The molecule has 0 bridgehead atoms. The molecule has 0 saturated carbocycles. The van der Waals surface area contributed by atoms with Gasteiger partial charge in [-0.3, -0.25) is 9.28 Å². The SMILES string of the molecule is CC(O)C[N+](C)(C)c1ccc2sc3ccccc3c(=O)c2c1. The molecule has 1 unspecified atom stereocenters. The van der Waals surface area contributed by atoms with Crippen LogP contribution in [0.4, 0.5) is 5.69 Å². The molecule has 0 aliphatic heterocycles. The molecule has 0 aliphatic carbocycles. The zero-order chi connectivity index (χ0) is 15.9. The van der Waals surface area contributed by atoms with E-state index in [9.17, 15) is 9.90 Å². The van der Waals surface area contributed by atoms with Gasteiger partial charge in [0.05, 0.1) is 14.1 Å². The summed E-state index contributed by atoms with van der Waals surface area (Å²) in [5.74, 6) is 0. The van der Waals surface area contributed by atoms with Crippen molar-refractivity contribution in [2.24, 2.45) is 0 Å². The fraction of sp³-hybridized carbons (Fsp3) is 0.278. The van der Waals surface area contributed by atoms with Crippen molar-refractivity contribution in [1.82, 2.24) is 4.48 Å². The van der Waals surface area contributed by atoms with Gasteiger partial charge in [0.2, 0.25) is 0 Å². The number of quaternary nitrogens is 1. The second kappa shape index (κ2) is 5.47. The van der Waals surface area contributed by atoms with Gasteiger partial charge in [-0.05, 0) is 25.1 Å². The third-order valence-corrected chi connectivity index (χ3v) is 5.13. The van der Waals surface area contributed by atoms with Gasteiger partial charge in [-0.1, -0.05) is 12.1 Å². The number of hydrogen-bond acceptors (Lipinski definition) is 3. The van der Waals surface area contributed by atoms with Gasteiger partial charge < -0.3 is 5.11 Å². The molecule has 2 aromatic carbocycles. The van der Waals surface area contributed by atoms with Crippen LogP contribution in [0.2, 0.25) is 0 Å². The molecule has 22 heavy (non-hydrogen) atoms. The molecule has 4 heteroatoms. The van der Waals surface area contributed by atoms with Crippen LogP contribution < -0.4 is 9.91 Å². The van der Waals surface area contributed by atoms with E-state index in [4.69, 9.17) is 0 Å². The van der Waals surface area contributed by atoms with Crippen LogP contribution in [-0.2, 0) is 0 Å². The second-order valence-corrected chi connectivity index (χ2v) is 7.41. The van der Waals surface area contributed by atoms with Crippen LogP contribution in [0.5, 0.6) is 0 Å². The molecule has 0 fully saturated rings. The number of nitrogens with zero attached hydrogens (tertiary/aromatic N) is 1. The topological polar surface area (TPSA) is 37.3 Å². The van der Waals surface area contributed by atoms with Crippen molar-refractivity contribution in [1.29, 1.82) is 0 Å². The predicted octanol–water partition coefficient (Wildman–Crippen LogP) is 3.36. The van der Waals surface area contributed by atoms with Crippen molar-refractivity contribution in [2.75, 3.05) is 20.6 Å². The third kappa shape index (κ3) is 2.65. The Morgan fingerprint density at radius 1 is 1.09 bits per heavy atom. The Bertz CT molecular complexity index is 896. The normalized spacial score (nSPS) is 13.6. The van der Waals surface area contributed by atoms with Gasteiger partial charge in [-0.25, -0.2) is 0 Å². The van der Waals surface area contributed by atoms with Crippen molar-refractivity contribution in [3.8, 4) is 0 Å². The van der Waals surface area contributed by atoms with Gasteiger partial charge in [0.1, 0.15) is 18.3 Å². The molecular weight excluding hydrogens is 294 g/mol. The number of hydrogen-bond donors (Lipinski definition) is 1. The highest BCUT2D eigenvalue weighted by molar-refractivity contribution is 7.24. The summed E-state index contributed by atoms with van der Waals surface area (Å²) in [4.78, 5) is 12.7. The molecule has 1 atom stereocenters. The first kappa shape index (κ1) is 15.2. The lowest BCUT2D eigenvalue weighted by atomic mass is 10.1. The smallest absolute Gasteiger partial charge is 0.196 e. The molecule has 0 radical (unpaired) electrons. The van der Waals surface area contributed by atoms with E-state index < -0.39 is 6.10 Å². The first-order chi connectivity index (χ1) is 10.4. The van der Waals surface area contributed by atoms with Crippen LogP contribution >= 0.6 is 11.3 Å². The Morgan fingerprint density at radius 2 is 1.77 bits per heavy atom. The molecule has 0 aliphatic rings. The summed E-state index contributed by atoms with van der Waals surface area (Å²) in [6.45, 7) is 2.40. The lowest BCUT2D eigenvalue weighted by Gasteiger charge is -2.30. The first-order valence-corrected chi connectivity index (χ1v) is 8.17. The van der Waals surface area contributed by atoms with E-state index in [0.717, 1.165) is 25.9 Å². The van der Waals surface area contributed by atoms with Crippen LogP contribution in [-0.4, -0.2) is 31.9 Å². The van der Waals surface area contributed by atoms with Gasteiger partial charge in [0.15, 0.2) is 5.43 Å². The van der Waals surface area contributed by atoms with E-state index in [0.29, 0.717) is 11.0 Å². The number of aliphatic hydroxyl groups excluding tert-OH is 1. The Labute approximate surface area is 133 Å². The van der Waals surface area contributed by atoms with E-state index in [1.165, 1.54) is 0 Å². The molecule has 3 aromatic rings. The fourth-order valence-corrected chi connectivity index (χ4v) is 3.99. The number of likely N-dealkylation sites (N-methyl/N-ethyl adjacent to an activating group) is 1. The standard InChI is InChI=1S/C18H20NO2S/c1-12(20)11-19(2,3)13-8-9-17-15(10-13)18(21)14-6-4-5-7-16(14)22-17/h4-10,12,20H,11H2,1-3H3/q+1. The molecule has 3 nitrogen and oxygen atoms in total. The molecule has 0 saturated heterocycles. The predicted molar refractivity (Wildman–Crippen MR) is 95.8 cm³/mol. The molecule has 1 N–H and O–H groups in total. The minimum atomic E-state index is -0.392. The maximum atomic E-state index is 12.7. The number of fused-ring (bicyclic) bond motifs is 2. The molecule has 0 amide bonds. The summed E-state index contributed by atoms with van der Waals surface area (Å²) >= 11 is 1.64. The molecule has 1 heterocycles. The number of benzene rings is 2. The zero-order valence-electron chi connectivity index (χ0n) is 13.0. The van der Waals surface area contributed by atoms with E-state index in [1.807, 2.05) is 50.5 Å². The van der Waals surface area contributed by atoms with Gasteiger partial charge in [-0.15, -0.1) is 11.3 Å². The van der Waals surface area contributed by atoms with Crippen molar-refractivity contribution in [3.63, 3.8) is 0 Å². The lowest BCUT2D eigenvalue weighted by Crippen LogP contribution is -2.45. The number of rotatable bonds is 3. The van der Waals surface area contributed by atoms with Crippen molar-refractivity contribution < 1.29 is 5.11 Å². The average Bonchev–Trinajstić information content (AvgIpc) is 2.46. The van der Waals surface area contributed by atoms with Crippen LogP contribution in [0.1, 0.15) is 6.92 Å². The molecule has 114 valence electrons. The van der Waals surface area contributed by atoms with Crippen LogP contribution in [0.3, 0.4) is 0 Å². The maximum absolute atomic E-state index is 12.7. The highest BCUT2D eigenvalue weighted by atomic mass is 32.1. The average molecular weight is 314 g/mol. The largest absolute Gasteiger partial charge is 0.388 e. The molecular formula is C18H20NO2S+. The second-order valence-electron chi connectivity index (χ2n) is 6.32. The van der Waals surface area contributed by atoms with E-state index in [1.54, 1.807) is 18.3 Å². The Balaban J connectivity index is 2.23. The Kier molecular flexibility index (Phi) is 3.77. The van der Waals surface area contributed by atoms with Crippen molar-refractivity contribution in [2.45, 2.75) is 13.0 Å². The van der Waals surface area contributed by atoms with Gasteiger partial charge in [0.25, 0.3) is 0 Å². The zero-order valence-corrected chi connectivity index (χ0v) is 13.9.